The van der Waals surface area contributed by atoms with Gasteiger partial charge < -0.3 is 15.4 Å². The summed E-state index contributed by atoms with van der Waals surface area (Å²) in [5.74, 6) is -1.23. The zero-order valence-corrected chi connectivity index (χ0v) is 14.8. The molecule has 2 rings (SSSR count). The monoisotopic (exact) mass is 354 g/mol. The Kier molecular flexibility index (Phi) is 6.91. The molecule has 0 aliphatic carbocycles. The van der Waals surface area contributed by atoms with Crippen LogP contribution in [-0.4, -0.2) is 23.9 Å². The Hall–Kier alpha value is -3.15. The van der Waals surface area contributed by atoms with Crippen LogP contribution in [-0.2, 0) is 19.1 Å². The quantitative estimate of drug-likeness (QED) is 0.749. The summed E-state index contributed by atoms with van der Waals surface area (Å²) in [5.41, 5.74) is 1.42. The van der Waals surface area contributed by atoms with Crippen molar-refractivity contribution in [1.29, 1.82) is 0 Å². The Morgan fingerprint density at radius 3 is 2.12 bits per heavy atom. The highest BCUT2D eigenvalue weighted by atomic mass is 16.5. The first-order valence-corrected chi connectivity index (χ1v) is 8.33. The number of benzene rings is 2. The Morgan fingerprint density at radius 2 is 1.54 bits per heavy atom. The summed E-state index contributed by atoms with van der Waals surface area (Å²) in [5, 5.41) is 5.41. The van der Waals surface area contributed by atoms with Crippen LogP contribution in [0, 0.1) is 0 Å². The van der Waals surface area contributed by atoms with Gasteiger partial charge in [0.25, 0.3) is 5.91 Å². The van der Waals surface area contributed by atoms with E-state index in [0.717, 1.165) is 5.56 Å². The van der Waals surface area contributed by atoms with E-state index in [1.54, 1.807) is 24.3 Å². The van der Waals surface area contributed by atoms with Gasteiger partial charge in [0.05, 0.1) is 12.5 Å². The van der Waals surface area contributed by atoms with Gasteiger partial charge in [0.15, 0.2) is 6.10 Å². The normalized spacial score (nSPS) is 12.5. The Labute approximate surface area is 152 Å². The van der Waals surface area contributed by atoms with Gasteiger partial charge in [-0.25, -0.2) is 0 Å². The highest BCUT2D eigenvalue weighted by Gasteiger charge is 2.22. The first-order valence-electron chi connectivity index (χ1n) is 8.33. The number of carbonyl (C=O) groups excluding carboxylic acids is 3. The summed E-state index contributed by atoms with van der Waals surface area (Å²) < 4.78 is 5.22. The molecule has 2 atom stereocenters. The average Bonchev–Trinajstić information content (AvgIpc) is 2.62. The number of anilines is 1. The highest BCUT2D eigenvalue weighted by molar-refractivity contribution is 5.95. The van der Waals surface area contributed by atoms with Gasteiger partial charge in [-0.3, -0.25) is 14.4 Å². The van der Waals surface area contributed by atoms with E-state index < -0.39 is 24.0 Å². The van der Waals surface area contributed by atoms with E-state index in [1.807, 2.05) is 36.4 Å². The molecule has 0 saturated heterocycles. The van der Waals surface area contributed by atoms with Crippen LogP contribution in [0.2, 0.25) is 0 Å². The molecule has 2 aromatic carbocycles. The van der Waals surface area contributed by atoms with Crippen molar-refractivity contribution in [1.82, 2.24) is 5.32 Å². The molecule has 2 amide bonds. The molecule has 0 saturated carbocycles. The van der Waals surface area contributed by atoms with Gasteiger partial charge in [0.1, 0.15) is 0 Å². The Bertz CT molecular complexity index is 747. The van der Waals surface area contributed by atoms with Crippen LogP contribution in [0.3, 0.4) is 0 Å². The molecule has 0 radical (unpaired) electrons. The number of amides is 2. The fourth-order valence-corrected chi connectivity index (χ4v) is 2.41. The van der Waals surface area contributed by atoms with Gasteiger partial charge in [0, 0.05) is 12.6 Å². The number of ether oxygens (including phenoxy) is 1. The largest absolute Gasteiger partial charge is 0.452 e. The first-order chi connectivity index (χ1) is 12.5. The number of rotatable bonds is 7. The van der Waals surface area contributed by atoms with Crippen LogP contribution in [0.1, 0.15) is 31.9 Å². The van der Waals surface area contributed by atoms with E-state index in [2.05, 4.69) is 10.6 Å². The van der Waals surface area contributed by atoms with Crippen molar-refractivity contribution < 1.29 is 19.1 Å². The predicted molar refractivity (Wildman–Crippen MR) is 98.2 cm³/mol. The molecule has 136 valence electrons. The lowest BCUT2D eigenvalue weighted by Crippen LogP contribution is -2.33. The van der Waals surface area contributed by atoms with Crippen molar-refractivity contribution >= 4 is 23.5 Å². The van der Waals surface area contributed by atoms with E-state index in [4.69, 9.17) is 4.74 Å². The standard InChI is InChI=1S/C20H22N2O4/c1-14(20(25)22-17-11-7-4-8-12-17)26-19(24)13-18(21-15(2)23)16-9-5-3-6-10-16/h3-12,14,18H,13H2,1-2H3,(H,21,23)(H,22,25)/t14-,18-/m1/s1. The van der Waals surface area contributed by atoms with E-state index in [1.165, 1.54) is 13.8 Å². The number of nitrogens with one attached hydrogen (secondary N) is 2. The lowest BCUT2D eigenvalue weighted by molar-refractivity contribution is -0.153. The maximum absolute atomic E-state index is 12.2. The molecule has 0 spiro atoms. The summed E-state index contributed by atoms with van der Waals surface area (Å²) in [6.07, 6.45) is -1.01. The number of hydrogen-bond donors (Lipinski definition) is 2. The molecular weight excluding hydrogens is 332 g/mol. The van der Waals surface area contributed by atoms with Crippen LogP contribution >= 0.6 is 0 Å². The van der Waals surface area contributed by atoms with Gasteiger partial charge in [-0.2, -0.15) is 0 Å². The zero-order valence-electron chi connectivity index (χ0n) is 14.8. The highest BCUT2D eigenvalue weighted by Crippen LogP contribution is 2.18. The average molecular weight is 354 g/mol. The fourth-order valence-electron chi connectivity index (χ4n) is 2.41. The topological polar surface area (TPSA) is 84.5 Å². The molecule has 0 aromatic heterocycles. The Balaban J connectivity index is 1.94. The number of carbonyl (C=O) groups is 3. The molecule has 6 heteroatoms. The van der Waals surface area contributed by atoms with Gasteiger partial charge >= 0.3 is 5.97 Å². The number of para-hydroxylation sites is 1. The fraction of sp³-hybridized carbons (Fsp3) is 0.250. The summed E-state index contributed by atoms with van der Waals surface area (Å²) in [4.78, 5) is 35.8. The molecule has 0 heterocycles. The molecule has 0 aliphatic rings. The van der Waals surface area contributed by atoms with Crippen molar-refractivity contribution in [2.24, 2.45) is 0 Å². The molecule has 0 fully saturated rings. The van der Waals surface area contributed by atoms with E-state index >= 15 is 0 Å². The van der Waals surface area contributed by atoms with Gasteiger partial charge in [-0.1, -0.05) is 48.5 Å². The van der Waals surface area contributed by atoms with Gasteiger partial charge in [0.2, 0.25) is 5.91 Å². The molecule has 26 heavy (non-hydrogen) atoms. The van der Waals surface area contributed by atoms with Crippen LogP contribution in [0.4, 0.5) is 5.69 Å². The molecule has 2 aromatic rings. The van der Waals surface area contributed by atoms with Crippen LogP contribution in [0.5, 0.6) is 0 Å². The molecule has 2 N–H and O–H groups in total. The summed E-state index contributed by atoms with van der Waals surface area (Å²) in [6.45, 7) is 2.89. The molecule has 0 unspecified atom stereocenters. The SMILES string of the molecule is CC(=O)N[C@H](CC(=O)O[C@H](C)C(=O)Nc1ccccc1)c1ccccc1. The van der Waals surface area contributed by atoms with Crippen LogP contribution in [0.25, 0.3) is 0 Å². The van der Waals surface area contributed by atoms with Crippen molar-refractivity contribution in [2.75, 3.05) is 5.32 Å². The molecule has 6 nitrogen and oxygen atoms in total. The van der Waals surface area contributed by atoms with Crippen molar-refractivity contribution in [3.05, 3.63) is 66.2 Å². The predicted octanol–water partition coefficient (Wildman–Crippen LogP) is 2.82. The summed E-state index contributed by atoms with van der Waals surface area (Å²) >= 11 is 0. The maximum Gasteiger partial charge on any atom is 0.309 e. The van der Waals surface area contributed by atoms with Crippen LogP contribution < -0.4 is 10.6 Å². The van der Waals surface area contributed by atoms with E-state index in [0.29, 0.717) is 5.69 Å². The molecular formula is C20H22N2O4. The summed E-state index contributed by atoms with van der Waals surface area (Å²) in [6, 6.07) is 17.5. The second kappa shape index (κ2) is 9.36. The maximum atomic E-state index is 12.2. The Morgan fingerprint density at radius 1 is 0.962 bits per heavy atom. The van der Waals surface area contributed by atoms with Crippen molar-refractivity contribution in [3.8, 4) is 0 Å². The smallest absolute Gasteiger partial charge is 0.309 e. The van der Waals surface area contributed by atoms with Gasteiger partial charge in [-0.15, -0.1) is 0 Å². The van der Waals surface area contributed by atoms with Crippen molar-refractivity contribution in [3.63, 3.8) is 0 Å². The lowest BCUT2D eigenvalue weighted by Gasteiger charge is -2.19. The third kappa shape index (κ3) is 6.05. The van der Waals surface area contributed by atoms with Gasteiger partial charge in [-0.05, 0) is 24.6 Å². The minimum Gasteiger partial charge on any atom is -0.452 e. The minimum absolute atomic E-state index is 0.0629. The van der Waals surface area contributed by atoms with Crippen molar-refractivity contribution in [2.45, 2.75) is 32.4 Å². The molecule has 0 bridgehead atoms. The lowest BCUT2D eigenvalue weighted by atomic mass is 10.0. The third-order valence-corrected chi connectivity index (χ3v) is 3.67. The van der Waals surface area contributed by atoms with E-state index in [-0.39, 0.29) is 12.3 Å². The summed E-state index contributed by atoms with van der Waals surface area (Å²) in [7, 11) is 0. The second-order valence-electron chi connectivity index (χ2n) is 5.86. The first kappa shape index (κ1) is 19.2. The molecule has 0 aliphatic heterocycles. The number of hydrogen-bond acceptors (Lipinski definition) is 4. The number of esters is 1. The zero-order chi connectivity index (χ0) is 18.9. The van der Waals surface area contributed by atoms with Crippen LogP contribution in [0.15, 0.2) is 60.7 Å². The second-order valence-corrected chi connectivity index (χ2v) is 5.86. The minimum atomic E-state index is -0.948. The van der Waals surface area contributed by atoms with E-state index in [9.17, 15) is 14.4 Å². The third-order valence-electron chi connectivity index (χ3n) is 3.67.